The first kappa shape index (κ1) is 15.7. The van der Waals surface area contributed by atoms with Crippen molar-refractivity contribution in [2.75, 3.05) is 19.7 Å². The van der Waals surface area contributed by atoms with E-state index in [1.54, 1.807) is 6.07 Å². The van der Waals surface area contributed by atoms with Gasteiger partial charge in [0.05, 0.1) is 6.61 Å². The van der Waals surface area contributed by atoms with E-state index in [-0.39, 0.29) is 18.3 Å². The van der Waals surface area contributed by atoms with Gasteiger partial charge in [0.15, 0.2) is 0 Å². The van der Waals surface area contributed by atoms with E-state index in [1.807, 2.05) is 30.3 Å². The van der Waals surface area contributed by atoms with E-state index in [2.05, 4.69) is 17.4 Å². The lowest BCUT2D eigenvalue weighted by Crippen LogP contribution is -2.21. The maximum atomic E-state index is 13.9. The molecule has 21 heavy (non-hydrogen) atoms. The summed E-state index contributed by atoms with van der Waals surface area (Å²) in [4.78, 5) is 0. The van der Waals surface area contributed by atoms with Crippen LogP contribution in [0.2, 0.25) is 0 Å². The molecule has 0 fully saturated rings. The molecular formula is C18H22FNO. The second-order valence-corrected chi connectivity index (χ2v) is 5.17. The largest absolute Gasteiger partial charge is 0.395 e. The summed E-state index contributed by atoms with van der Waals surface area (Å²) in [6.07, 6.45) is 1.61. The number of halogens is 1. The lowest BCUT2D eigenvalue weighted by atomic mass is 9.89. The standard InChI is InChI=1S/C18H22FNO/c19-18-9-5-4-8-17(18)14-16(10-11-20-12-13-21)15-6-2-1-3-7-15/h1-9,16,20-21H,10-14H2/t16-/m0/s1. The van der Waals surface area contributed by atoms with Crippen molar-refractivity contribution in [3.8, 4) is 0 Å². The zero-order valence-electron chi connectivity index (χ0n) is 12.1. The van der Waals surface area contributed by atoms with Crippen LogP contribution in [-0.2, 0) is 6.42 Å². The van der Waals surface area contributed by atoms with Crippen LogP contribution in [0.25, 0.3) is 0 Å². The van der Waals surface area contributed by atoms with Crippen molar-refractivity contribution in [1.82, 2.24) is 5.32 Å². The summed E-state index contributed by atoms with van der Waals surface area (Å²) < 4.78 is 13.9. The molecule has 2 N–H and O–H groups in total. The van der Waals surface area contributed by atoms with Gasteiger partial charge in [0.2, 0.25) is 0 Å². The molecule has 0 saturated heterocycles. The highest BCUT2D eigenvalue weighted by atomic mass is 19.1. The molecule has 3 heteroatoms. The van der Waals surface area contributed by atoms with Crippen LogP contribution in [0.5, 0.6) is 0 Å². The van der Waals surface area contributed by atoms with E-state index < -0.39 is 0 Å². The van der Waals surface area contributed by atoms with Gasteiger partial charge in [-0.25, -0.2) is 4.39 Å². The maximum absolute atomic E-state index is 13.9. The molecular weight excluding hydrogens is 265 g/mol. The fourth-order valence-electron chi connectivity index (χ4n) is 2.52. The van der Waals surface area contributed by atoms with Crippen LogP contribution in [0.4, 0.5) is 4.39 Å². The monoisotopic (exact) mass is 287 g/mol. The predicted octanol–water partition coefficient (Wildman–Crippen LogP) is 3.12. The summed E-state index contributed by atoms with van der Waals surface area (Å²) >= 11 is 0. The number of hydrogen-bond acceptors (Lipinski definition) is 2. The van der Waals surface area contributed by atoms with Crippen molar-refractivity contribution in [2.45, 2.75) is 18.8 Å². The quantitative estimate of drug-likeness (QED) is 0.731. The Bertz CT molecular complexity index is 530. The molecule has 0 amide bonds. The SMILES string of the molecule is OCCNCC[C@@H](Cc1ccccc1F)c1ccccc1. The molecule has 0 aliphatic rings. The van der Waals surface area contributed by atoms with Gasteiger partial charge >= 0.3 is 0 Å². The number of nitrogens with one attached hydrogen (secondary N) is 1. The van der Waals surface area contributed by atoms with Crippen molar-refractivity contribution in [3.63, 3.8) is 0 Å². The third kappa shape index (κ3) is 4.96. The second-order valence-electron chi connectivity index (χ2n) is 5.17. The smallest absolute Gasteiger partial charge is 0.126 e. The van der Waals surface area contributed by atoms with Gasteiger partial charge in [-0.05, 0) is 42.5 Å². The highest BCUT2D eigenvalue weighted by Gasteiger charge is 2.14. The predicted molar refractivity (Wildman–Crippen MR) is 83.9 cm³/mol. The first-order chi connectivity index (χ1) is 10.3. The van der Waals surface area contributed by atoms with Gasteiger partial charge < -0.3 is 10.4 Å². The average Bonchev–Trinajstić information content (AvgIpc) is 2.53. The maximum Gasteiger partial charge on any atom is 0.126 e. The van der Waals surface area contributed by atoms with Crippen molar-refractivity contribution < 1.29 is 9.50 Å². The normalized spacial score (nSPS) is 12.3. The molecule has 0 spiro atoms. The number of rotatable bonds is 8. The molecule has 112 valence electrons. The summed E-state index contributed by atoms with van der Waals surface area (Å²) in [6, 6.07) is 17.2. The fraction of sp³-hybridized carbons (Fsp3) is 0.333. The van der Waals surface area contributed by atoms with Crippen LogP contribution >= 0.6 is 0 Å². The minimum absolute atomic E-state index is 0.137. The summed E-state index contributed by atoms with van der Waals surface area (Å²) in [5.74, 6) is 0.135. The highest BCUT2D eigenvalue weighted by molar-refractivity contribution is 5.25. The molecule has 2 rings (SSSR count). The van der Waals surface area contributed by atoms with Crippen molar-refractivity contribution in [1.29, 1.82) is 0 Å². The van der Waals surface area contributed by atoms with Crippen LogP contribution in [0, 0.1) is 5.82 Å². The average molecular weight is 287 g/mol. The molecule has 0 unspecified atom stereocenters. The molecule has 2 aromatic rings. The Morgan fingerprint density at radius 2 is 1.67 bits per heavy atom. The van der Waals surface area contributed by atoms with Gasteiger partial charge in [0.25, 0.3) is 0 Å². The molecule has 0 radical (unpaired) electrons. The van der Waals surface area contributed by atoms with Gasteiger partial charge in [0, 0.05) is 6.54 Å². The first-order valence-electron chi connectivity index (χ1n) is 7.41. The summed E-state index contributed by atoms with van der Waals surface area (Å²) in [6.45, 7) is 1.55. The molecule has 0 saturated carbocycles. The second kappa shape index (κ2) is 8.55. The fourth-order valence-corrected chi connectivity index (χ4v) is 2.52. The van der Waals surface area contributed by atoms with Crippen LogP contribution in [0.1, 0.15) is 23.5 Å². The molecule has 2 aromatic carbocycles. The number of aliphatic hydroxyl groups excluding tert-OH is 1. The Balaban J connectivity index is 2.07. The number of aliphatic hydroxyl groups is 1. The van der Waals surface area contributed by atoms with Crippen LogP contribution in [0.15, 0.2) is 54.6 Å². The number of hydrogen-bond donors (Lipinski definition) is 2. The molecule has 0 aromatic heterocycles. The Labute approximate surface area is 125 Å². The molecule has 0 heterocycles. The Morgan fingerprint density at radius 3 is 2.38 bits per heavy atom. The van der Waals surface area contributed by atoms with E-state index in [9.17, 15) is 4.39 Å². The van der Waals surface area contributed by atoms with Crippen molar-refractivity contribution in [2.24, 2.45) is 0 Å². The Kier molecular flexibility index (Phi) is 6.38. The van der Waals surface area contributed by atoms with E-state index in [0.717, 1.165) is 18.5 Å². The number of benzene rings is 2. The summed E-state index contributed by atoms with van der Waals surface area (Å²) in [7, 11) is 0. The zero-order valence-corrected chi connectivity index (χ0v) is 12.1. The van der Waals surface area contributed by atoms with Crippen LogP contribution in [-0.4, -0.2) is 24.8 Å². The molecule has 0 aliphatic heterocycles. The first-order valence-corrected chi connectivity index (χ1v) is 7.41. The van der Waals surface area contributed by atoms with Crippen LogP contribution < -0.4 is 5.32 Å². The van der Waals surface area contributed by atoms with Gasteiger partial charge in [-0.15, -0.1) is 0 Å². The minimum Gasteiger partial charge on any atom is -0.395 e. The van der Waals surface area contributed by atoms with Gasteiger partial charge in [-0.2, -0.15) is 0 Å². The van der Waals surface area contributed by atoms with Gasteiger partial charge in [-0.3, -0.25) is 0 Å². The Morgan fingerprint density at radius 1 is 0.952 bits per heavy atom. The van der Waals surface area contributed by atoms with E-state index in [4.69, 9.17) is 5.11 Å². The zero-order chi connectivity index (χ0) is 14.9. The molecule has 2 nitrogen and oxygen atoms in total. The minimum atomic E-state index is -0.137. The molecule has 1 atom stereocenters. The van der Waals surface area contributed by atoms with Gasteiger partial charge in [0.1, 0.15) is 5.82 Å². The topological polar surface area (TPSA) is 32.3 Å². The highest BCUT2D eigenvalue weighted by Crippen LogP contribution is 2.25. The van der Waals surface area contributed by atoms with Crippen molar-refractivity contribution in [3.05, 3.63) is 71.5 Å². The third-order valence-corrected chi connectivity index (χ3v) is 3.65. The molecule has 0 aliphatic carbocycles. The van der Waals surface area contributed by atoms with Crippen molar-refractivity contribution >= 4 is 0 Å². The van der Waals surface area contributed by atoms with Gasteiger partial charge in [-0.1, -0.05) is 48.5 Å². The summed E-state index contributed by atoms with van der Waals surface area (Å²) in [5, 5.41) is 12.0. The third-order valence-electron chi connectivity index (χ3n) is 3.65. The lowest BCUT2D eigenvalue weighted by Gasteiger charge is -2.18. The van der Waals surface area contributed by atoms with Crippen LogP contribution in [0.3, 0.4) is 0 Å². The molecule has 0 bridgehead atoms. The summed E-state index contributed by atoms with van der Waals surface area (Å²) in [5.41, 5.74) is 1.99. The van der Waals surface area contributed by atoms with E-state index >= 15 is 0 Å². The van der Waals surface area contributed by atoms with E-state index in [1.165, 1.54) is 11.6 Å². The lowest BCUT2D eigenvalue weighted by molar-refractivity contribution is 0.291. The Hall–Kier alpha value is -1.71. The van der Waals surface area contributed by atoms with E-state index in [0.29, 0.717) is 13.0 Å².